The van der Waals surface area contributed by atoms with Crippen LogP contribution in [0.2, 0.25) is 0 Å². The minimum atomic E-state index is 0.0273. The summed E-state index contributed by atoms with van der Waals surface area (Å²) >= 11 is 0. The standard InChI is InChI=1S/C18H21N5O/c1-13-19-8-10-22(13)11-14-5-4-9-23(12-14)18(24)17-15-6-2-3-7-16(15)20-21-17/h2-3,6-8,10,14H,4-5,9,11-12H2,1H3,(H,20,21). The van der Waals surface area contributed by atoms with E-state index in [1.54, 1.807) is 0 Å². The van der Waals surface area contributed by atoms with Crippen LogP contribution in [0.15, 0.2) is 36.7 Å². The van der Waals surface area contributed by atoms with Gasteiger partial charge in [-0.1, -0.05) is 18.2 Å². The van der Waals surface area contributed by atoms with Crippen LogP contribution < -0.4 is 0 Å². The quantitative estimate of drug-likeness (QED) is 0.806. The van der Waals surface area contributed by atoms with Crippen molar-refractivity contribution in [1.29, 1.82) is 0 Å². The molecule has 1 fully saturated rings. The van der Waals surface area contributed by atoms with Gasteiger partial charge >= 0.3 is 0 Å². The number of imidazole rings is 1. The number of piperidine rings is 1. The first-order valence-electron chi connectivity index (χ1n) is 8.42. The summed E-state index contributed by atoms with van der Waals surface area (Å²) in [4.78, 5) is 19.1. The summed E-state index contributed by atoms with van der Waals surface area (Å²) in [5, 5.41) is 8.11. The van der Waals surface area contributed by atoms with E-state index in [1.165, 1.54) is 0 Å². The third-order valence-corrected chi connectivity index (χ3v) is 4.86. The molecule has 6 nitrogen and oxygen atoms in total. The van der Waals surface area contributed by atoms with Crippen LogP contribution >= 0.6 is 0 Å². The van der Waals surface area contributed by atoms with Crippen LogP contribution in [-0.2, 0) is 6.54 Å². The lowest BCUT2D eigenvalue weighted by Crippen LogP contribution is -2.41. The van der Waals surface area contributed by atoms with Gasteiger partial charge in [-0.3, -0.25) is 9.89 Å². The Morgan fingerprint density at radius 3 is 3.08 bits per heavy atom. The smallest absolute Gasteiger partial charge is 0.275 e. The Hall–Kier alpha value is -2.63. The van der Waals surface area contributed by atoms with Gasteiger partial charge in [0, 0.05) is 37.4 Å². The molecule has 1 aliphatic rings. The van der Waals surface area contributed by atoms with Crippen LogP contribution in [0, 0.1) is 12.8 Å². The van der Waals surface area contributed by atoms with Crippen molar-refractivity contribution in [2.45, 2.75) is 26.3 Å². The number of hydrogen-bond donors (Lipinski definition) is 1. The lowest BCUT2D eigenvalue weighted by molar-refractivity contribution is 0.0658. The van der Waals surface area contributed by atoms with Crippen molar-refractivity contribution < 1.29 is 4.79 Å². The number of rotatable bonds is 3. The lowest BCUT2D eigenvalue weighted by atomic mass is 9.97. The van der Waals surface area contributed by atoms with Gasteiger partial charge in [0.05, 0.1) is 5.52 Å². The Morgan fingerprint density at radius 1 is 1.38 bits per heavy atom. The van der Waals surface area contributed by atoms with Gasteiger partial charge in [0.15, 0.2) is 5.69 Å². The van der Waals surface area contributed by atoms with E-state index in [1.807, 2.05) is 48.5 Å². The van der Waals surface area contributed by atoms with Gasteiger partial charge in [-0.05, 0) is 31.7 Å². The molecule has 0 bridgehead atoms. The zero-order valence-electron chi connectivity index (χ0n) is 13.8. The predicted octanol–water partition coefficient (Wildman–Crippen LogP) is 2.62. The number of nitrogens with one attached hydrogen (secondary N) is 1. The fourth-order valence-corrected chi connectivity index (χ4v) is 3.55. The molecule has 124 valence electrons. The molecule has 0 aliphatic carbocycles. The number of fused-ring (bicyclic) bond motifs is 1. The third-order valence-electron chi connectivity index (χ3n) is 4.86. The number of aromatic nitrogens is 4. The normalized spacial score (nSPS) is 18.2. The molecule has 1 amide bonds. The van der Waals surface area contributed by atoms with E-state index in [-0.39, 0.29) is 5.91 Å². The molecule has 3 aromatic rings. The van der Waals surface area contributed by atoms with Gasteiger partial charge in [0.25, 0.3) is 5.91 Å². The van der Waals surface area contributed by atoms with Crippen molar-refractivity contribution in [3.63, 3.8) is 0 Å². The molecule has 1 atom stereocenters. The minimum Gasteiger partial charge on any atom is -0.337 e. The fourth-order valence-electron chi connectivity index (χ4n) is 3.55. The van der Waals surface area contributed by atoms with Crippen molar-refractivity contribution in [3.05, 3.63) is 48.2 Å². The molecule has 0 spiro atoms. The van der Waals surface area contributed by atoms with Crippen LogP contribution in [0.1, 0.15) is 29.2 Å². The second-order valence-corrected chi connectivity index (χ2v) is 6.50. The molecule has 0 radical (unpaired) electrons. The van der Waals surface area contributed by atoms with Crippen molar-refractivity contribution in [3.8, 4) is 0 Å². The number of nitrogens with zero attached hydrogens (tertiary/aromatic N) is 4. The molecule has 1 saturated heterocycles. The molecule has 4 rings (SSSR count). The van der Waals surface area contributed by atoms with E-state index in [9.17, 15) is 4.79 Å². The molecular weight excluding hydrogens is 302 g/mol. The molecular formula is C18H21N5O. The van der Waals surface area contributed by atoms with Gasteiger partial charge in [-0.25, -0.2) is 4.98 Å². The highest BCUT2D eigenvalue weighted by molar-refractivity contribution is 6.04. The number of likely N-dealkylation sites (tertiary alicyclic amines) is 1. The Labute approximate surface area is 140 Å². The van der Waals surface area contributed by atoms with E-state index in [4.69, 9.17) is 0 Å². The highest BCUT2D eigenvalue weighted by atomic mass is 16.2. The topological polar surface area (TPSA) is 66.8 Å². The van der Waals surface area contributed by atoms with Gasteiger partial charge in [-0.2, -0.15) is 5.10 Å². The largest absolute Gasteiger partial charge is 0.337 e. The highest BCUT2D eigenvalue weighted by Crippen LogP contribution is 2.23. The van der Waals surface area contributed by atoms with E-state index in [2.05, 4.69) is 19.7 Å². The molecule has 3 heterocycles. The van der Waals surface area contributed by atoms with Crippen molar-refractivity contribution >= 4 is 16.8 Å². The monoisotopic (exact) mass is 323 g/mol. The van der Waals surface area contributed by atoms with Gasteiger partial charge in [0.2, 0.25) is 0 Å². The molecule has 2 aromatic heterocycles. The summed E-state index contributed by atoms with van der Waals surface area (Å²) in [6, 6.07) is 7.77. The van der Waals surface area contributed by atoms with Gasteiger partial charge in [0.1, 0.15) is 5.82 Å². The number of carbonyl (C=O) groups is 1. The maximum atomic E-state index is 12.9. The molecule has 1 unspecified atom stereocenters. The summed E-state index contributed by atoms with van der Waals surface area (Å²) in [6.07, 6.45) is 6.02. The summed E-state index contributed by atoms with van der Waals surface area (Å²) in [5.74, 6) is 1.51. The van der Waals surface area contributed by atoms with Crippen LogP contribution in [-0.4, -0.2) is 43.6 Å². The summed E-state index contributed by atoms with van der Waals surface area (Å²) in [5.41, 5.74) is 1.44. The van der Waals surface area contributed by atoms with Gasteiger partial charge < -0.3 is 9.47 Å². The first kappa shape index (κ1) is 14.9. The Kier molecular flexibility index (Phi) is 3.80. The van der Waals surface area contributed by atoms with Crippen LogP contribution in [0.25, 0.3) is 10.9 Å². The molecule has 24 heavy (non-hydrogen) atoms. The molecule has 1 N–H and O–H groups in total. The van der Waals surface area contributed by atoms with Crippen molar-refractivity contribution in [2.24, 2.45) is 5.92 Å². The van der Waals surface area contributed by atoms with Crippen LogP contribution in [0.3, 0.4) is 0 Å². The van der Waals surface area contributed by atoms with Gasteiger partial charge in [-0.15, -0.1) is 0 Å². The number of carbonyl (C=O) groups excluding carboxylic acids is 1. The first-order valence-corrected chi connectivity index (χ1v) is 8.42. The number of hydrogen-bond acceptors (Lipinski definition) is 3. The molecule has 1 aromatic carbocycles. The number of aryl methyl sites for hydroxylation is 1. The summed E-state index contributed by atoms with van der Waals surface area (Å²) in [7, 11) is 0. The first-order chi connectivity index (χ1) is 11.7. The van der Waals surface area contributed by atoms with E-state index >= 15 is 0 Å². The second kappa shape index (κ2) is 6.11. The second-order valence-electron chi connectivity index (χ2n) is 6.50. The highest BCUT2D eigenvalue weighted by Gasteiger charge is 2.27. The maximum absolute atomic E-state index is 12.9. The SMILES string of the molecule is Cc1nccn1CC1CCCN(C(=O)c2n[nH]c3ccccc23)C1. The molecule has 6 heteroatoms. The van der Waals surface area contributed by atoms with E-state index < -0.39 is 0 Å². The summed E-state index contributed by atoms with van der Waals surface area (Å²) in [6.45, 7) is 4.51. The van der Waals surface area contributed by atoms with E-state index in [0.29, 0.717) is 11.6 Å². The Balaban J connectivity index is 1.51. The zero-order valence-corrected chi connectivity index (χ0v) is 13.8. The average Bonchev–Trinajstić information content (AvgIpc) is 3.21. The number of aromatic amines is 1. The van der Waals surface area contributed by atoms with E-state index in [0.717, 1.165) is 49.2 Å². The lowest BCUT2D eigenvalue weighted by Gasteiger charge is -2.32. The predicted molar refractivity (Wildman–Crippen MR) is 91.7 cm³/mol. The van der Waals surface area contributed by atoms with Crippen molar-refractivity contribution in [2.75, 3.05) is 13.1 Å². The minimum absolute atomic E-state index is 0.0273. The zero-order chi connectivity index (χ0) is 16.5. The number of amides is 1. The maximum Gasteiger partial charge on any atom is 0.275 e. The number of para-hydroxylation sites is 1. The van der Waals surface area contributed by atoms with Crippen molar-refractivity contribution in [1.82, 2.24) is 24.6 Å². The number of H-pyrrole nitrogens is 1. The van der Waals surface area contributed by atoms with Crippen LogP contribution in [0.5, 0.6) is 0 Å². The Bertz CT molecular complexity index is 865. The average molecular weight is 323 g/mol. The fraction of sp³-hybridized carbons (Fsp3) is 0.389. The van der Waals surface area contributed by atoms with Crippen LogP contribution in [0.4, 0.5) is 0 Å². The molecule has 0 saturated carbocycles. The third kappa shape index (κ3) is 2.68. The molecule has 1 aliphatic heterocycles. The summed E-state index contributed by atoms with van der Waals surface area (Å²) < 4.78 is 2.17. The number of benzene rings is 1. The Morgan fingerprint density at radius 2 is 2.25 bits per heavy atom.